The van der Waals surface area contributed by atoms with E-state index >= 15 is 0 Å². The van der Waals surface area contributed by atoms with Gasteiger partial charge in [-0.05, 0) is 43.6 Å². The van der Waals surface area contributed by atoms with Gasteiger partial charge in [-0.2, -0.15) is 0 Å². The number of ether oxygens (including phenoxy) is 2. The molecule has 2 aromatic rings. The molecule has 8 heteroatoms. The molecule has 31 heavy (non-hydrogen) atoms. The summed E-state index contributed by atoms with van der Waals surface area (Å²) in [6.07, 6.45) is 1.38. The van der Waals surface area contributed by atoms with E-state index in [4.69, 9.17) is 9.47 Å². The summed E-state index contributed by atoms with van der Waals surface area (Å²) in [6, 6.07) is 11.3. The van der Waals surface area contributed by atoms with Crippen molar-refractivity contribution < 1.29 is 23.5 Å². The van der Waals surface area contributed by atoms with Gasteiger partial charge in [-0.3, -0.25) is 14.5 Å². The molecule has 0 aromatic heterocycles. The second-order valence-electron chi connectivity index (χ2n) is 7.54. The maximum absolute atomic E-state index is 13.0. The molecule has 166 valence electrons. The highest BCUT2D eigenvalue weighted by Gasteiger charge is 2.25. The standard InChI is InChI=1S/C23H28FN3O4/c1-30-20-11-19(12-21(13-20)31-2)26-22(28)15-27-9-7-17(8-10-27)23(29)25-14-16-3-5-18(24)6-4-16/h3-6,11-13,17H,7-10,14-15H2,1-2H3,(H,25,29)(H,26,28). The summed E-state index contributed by atoms with van der Waals surface area (Å²) < 4.78 is 23.4. The van der Waals surface area contributed by atoms with E-state index in [1.54, 1.807) is 44.6 Å². The van der Waals surface area contributed by atoms with Crippen LogP contribution in [0.4, 0.5) is 10.1 Å². The van der Waals surface area contributed by atoms with E-state index < -0.39 is 0 Å². The predicted octanol–water partition coefficient (Wildman–Crippen LogP) is 2.81. The molecule has 0 saturated carbocycles. The number of hydrogen-bond donors (Lipinski definition) is 2. The highest BCUT2D eigenvalue weighted by atomic mass is 19.1. The van der Waals surface area contributed by atoms with Crippen molar-refractivity contribution >= 4 is 17.5 Å². The predicted molar refractivity (Wildman–Crippen MR) is 116 cm³/mol. The molecule has 1 aliphatic rings. The number of nitrogens with one attached hydrogen (secondary N) is 2. The van der Waals surface area contributed by atoms with Gasteiger partial charge in [0, 0.05) is 36.3 Å². The summed E-state index contributed by atoms with van der Waals surface area (Å²) in [5, 5.41) is 5.78. The second-order valence-corrected chi connectivity index (χ2v) is 7.54. The van der Waals surface area contributed by atoms with Crippen molar-refractivity contribution in [3.8, 4) is 11.5 Å². The Morgan fingerprint density at radius 1 is 1.03 bits per heavy atom. The number of carbonyl (C=O) groups is 2. The number of benzene rings is 2. The zero-order chi connectivity index (χ0) is 22.2. The van der Waals surface area contributed by atoms with Crippen molar-refractivity contribution in [1.82, 2.24) is 10.2 Å². The molecular weight excluding hydrogens is 401 g/mol. The highest BCUT2D eigenvalue weighted by molar-refractivity contribution is 5.92. The number of carbonyl (C=O) groups excluding carboxylic acids is 2. The van der Waals surface area contributed by atoms with Crippen LogP contribution in [0.2, 0.25) is 0 Å². The first-order valence-corrected chi connectivity index (χ1v) is 10.2. The fourth-order valence-electron chi connectivity index (χ4n) is 3.57. The van der Waals surface area contributed by atoms with Crippen molar-refractivity contribution in [2.45, 2.75) is 19.4 Å². The van der Waals surface area contributed by atoms with Crippen LogP contribution in [0.5, 0.6) is 11.5 Å². The topological polar surface area (TPSA) is 79.9 Å². The summed E-state index contributed by atoms with van der Waals surface area (Å²) in [5.41, 5.74) is 1.47. The number of nitrogens with zero attached hydrogens (tertiary/aromatic N) is 1. The third-order valence-electron chi connectivity index (χ3n) is 5.34. The van der Waals surface area contributed by atoms with Crippen LogP contribution in [0.25, 0.3) is 0 Å². The van der Waals surface area contributed by atoms with Crippen LogP contribution >= 0.6 is 0 Å². The smallest absolute Gasteiger partial charge is 0.238 e. The second kappa shape index (κ2) is 10.8. The van der Waals surface area contributed by atoms with Crippen LogP contribution in [-0.4, -0.2) is 50.6 Å². The zero-order valence-electron chi connectivity index (χ0n) is 17.8. The monoisotopic (exact) mass is 429 g/mol. The van der Waals surface area contributed by atoms with E-state index in [9.17, 15) is 14.0 Å². The lowest BCUT2D eigenvalue weighted by Crippen LogP contribution is -2.43. The minimum atomic E-state index is -0.294. The van der Waals surface area contributed by atoms with E-state index in [0.29, 0.717) is 49.7 Å². The first kappa shape index (κ1) is 22.6. The Labute approximate surface area is 181 Å². The lowest BCUT2D eigenvalue weighted by molar-refractivity contribution is -0.126. The molecule has 2 N–H and O–H groups in total. The van der Waals surface area contributed by atoms with Crippen LogP contribution in [0, 0.1) is 11.7 Å². The quantitative estimate of drug-likeness (QED) is 0.675. The number of hydrogen-bond acceptors (Lipinski definition) is 5. The molecule has 0 spiro atoms. The maximum Gasteiger partial charge on any atom is 0.238 e. The fraction of sp³-hybridized carbons (Fsp3) is 0.391. The van der Waals surface area contributed by atoms with E-state index in [2.05, 4.69) is 10.6 Å². The van der Waals surface area contributed by atoms with Crippen LogP contribution in [0.15, 0.2) is 42.5 Å². The molecule has 0 aliphatic carbocycles. The fourth-order valence-corrected chi connectivity index (χ4v) is 3.57. The van der Waals surface area contributed by atoms with Crippen LogP contribution < -0.4 is 20.1 Å². The van der Waals surface area contributed by atoms with Crippen molar-refractivity contribution in [2.75, 3.05) is 39.2 Å². The van der Waals surface area contributed by atoms with Gasteiger partial charge in [-0.25, -0.2) is 4.39 Å². The first-order chi connectivity index (χ1) is 15.0. The van der Waals surface area contributed by atoms with Gasteiger partial charge in [-0.1, -0.05) is 12.1 Å². The Morgan fingerprint density at radius 2 is 1.65 bits per heavy atom. The summed E-state index contributed by atoms with van der Waals surface area (Å²) in [5.74, 6) is 0.690. The van der Waals surface area contributed by atoms with Crippen LogP contribution in [0.1, 0.15) is 18.4 Å². The highest BCUT2D eigenvalue weighted by Crippen LogP contribution is 2.26. The van der Waals surface area contributed by atoms with Crippen molar-refractivity contribution in [3.63, 3.8) is 0 Å². The van der Waals surface area contributed by atoms with E-state index in [0.717, 1.165) is 5.56 Å². The molecule has 1 heterocycles. The van der Waals surface area contributed by atoms with Gasteiger partial charge in [0.2, 0.25) is 11.8 Å². The average Bonchev–Trinajstić information content (AvgIpc) is 2.78. The van der Waals surface area contributed by atoms with E-state index in [1.807, 2.05) is 4.90 Å². The molecule has 0 unspecified atom stereocenters. The van der Waals surface area contributed by atoms with Crippen molar-refractivity contribution in [3.05, 3.63) is 53.8 Å². The Kier molecular flexibility index (Phi) is 7.83. The van der Waals surface area contributed by atoms with Gasteiger partial charge in [0.25, 0.3) is 0 Å². The summed E-state index contributed by atoms with van der Waals surface area (Å²) in [4.78, 5) is 26.9. The number of methoxy groups -OCH3 is 2. The molecule has 2 aromatic carbocycles. The minimum absolute atomic E-state index is 0.00287. The van der Waals surface area contributed by atoms with Gasteiger partial charge < -0.3 is 20.1 Å². The van der Waals surface area contributed by atoms with Crippen molar-refractivity contribution in [2.24, 2.45) is 5.92 Å². The Morgan fingerprint density at radius 3 is 2.23 bits per heavy atom. The molecule has 0 bridgehead atoms. The maximum atomic E-state index is 13.0. The van der Waals surface area contributed by atoms with E-state index in [-0.39, 0.29) is 30.1 Å². The number of halogens is 1. The largest absolute Gasteiger partial charge is 0.497 e. The molecule has 1 fully saturated rings. The van der Waals surface area contributed by atoms with Gasteiger partial charge in [0.05, 0.1) is 20.8 Å². The number of rotatable bonds is 8. The van der Waals surface area contributed by atoms with Crippen LogP contribution in [0.3, 0.4) is 0 Å². The minimum Gasteiger partial charge on any atom is -0.497 e. The number of piperidine rings is 1. The van der Waals surface area contributed by atoms with Gasteiger partial charge >= 0.3 is 0 Å². The third-order valence-corrected chi connectivity index (χ3v) is 5.34. The SMILES string of the molecule is COc1cc(NC(=O)CN2CCC(C(=O)NCc3ccc(F)cc3)CC2)cc(OC)c1. The average molecular weight is 429 g/mol. The molecule has 1 saturated heterocycles. The third kappa shape index (κ3) is 6.68. The summed E-state index contributed by atoms with van der Waals surface area (Å²) in [7, 11) is 3.11. The lowest BCUT2D eigenvalue weighted by Gasteiger charge is -2.30. The molecule has 7 nitrogen and oxygen atoms in total. The molecule has 2 amide bonds. The number of amides is 2. The Hall–Kier alpha value is -3.13. The Balaban J connectivity index is 1.42. The van der Waals surface area contributed by atoms with Gasteiger partial charge in [0.15, 0.2) is 0 Å². The zero-order valence-corrected chi connectivity index (χ0v) is 17.8. The summed E-state index contributed by atoms with van der Waals surface area (Å²) in [6.45, 7) is 1.97. The normalized spacial score (nSPS) is 14.7. The van der Waals surface area contributed by atoms with E-state index in [1.165, 1.54) is 12.1 Å². The van der Waals surface area contributed by atoms with Gasteiger partial charge in [-0.15, -0.1) is 0 Å². The first-order valence-electron chi connectivity index (χ1n) is 10.2. The molecular formula is C23H28FN3O4. The lowest BCUT2D eigenvalue weighted by atomic mass is 9.96. The van der Waals surface area contributed by atoms with Gasteiger partial charge in [0.1, 0.15) is 17.3 Å². The molecule has 3 rings (SSSR count). The Bertz CT molecular complexity index is 874. The molecule has 0 atom stereocenters. The van der Waals surface area contributed by atoms with Crippen molar-refractivity contribution in [1.29, 1.82) is 0 Å². The molecule has 0 radical (unpaired) electrons. The summed E-state index contributed by atoms with van der Waals surface area (Å²) >= 11 is 0. The number of likely N-dealkylation sites (tertiary alicyclic amines) is 1. The number of anilines is 1. The van der Waals surface area contributed by atoms with Crippen LogP contribution in [-0.2, 0) is 16.1 Å². The molecule has 1 aliphatic heterocycles.